The van der Waals surface area contributed by atoms with E-state index in [0.29, 0.717) is 19.7 Å². The Labute approximate surface area is 198 Å². The molecule has 0 bridgehead atoms. The quantitative estimate of drug-likeness (QED) is 0.307. The number of likely N-dealkylation sites (N-methyl/N-ethyl adjacent to an activating group) is 1. The van der Waals surface area contributed by atoms with Gasteiger partial charge in [0.1, 0.15) is 12.4 Å². The van der Waals surface area contributed by atoms with E-state index in [1.54, 1.807) is 0 Å². The molecule has 5 rings (SSSR count). The van der Waals surface area contributed by atoms with Crippen molar-refractivity contribution in [2.24, 2.45) is 0 Å². The third-order valence-corrected chi connectivity index (χ3v) is 6.55. The van der Waals surface area contributed by atoms with Crippen molar-refractivity contribution in [3.8, 4) is 5.75 Å². The van der Waals surface area contributed by atoms with Crippen molar-refractivity contribution >= 4 is 45.7 Å². The minimum Gasteiger partial charge on any atom is -0.492 e. The summed E-state index contributed by atoms with van der Waals surface area (Å²) < 4.78 is 8.16. The van der Waals surface area contributed by atoms with Crippen LogP contribution in [0.15, 0.2) is 72.9 Å². The predicted octanol–water partition coefficient (Wildman–Crippen LogP) is 6.59. The first-order chi connectivity index (χ1) is 16.1. The molecule has 0 atom stereocenters. The summed E-state index contributed by atoms with van der Waals surface area (Å²) in [5.41, 5.74) is 5.85. The van der Waals surface area contributed by atoms with Crippen LogP contribution in [-0.2, 0) is 11.3 Å². The standard InChI is InChI=1S/C28H25ClN2O2/c1-3-31-27-11-7-5-9-23(27)24(28(31)32)17-20-18-30(26-10-6-4-8-22(20)26)14-15-33-21-12-13-25(29)19(2)16-21/h4-13,16-18H,3,14-15H2,1-2H3/b24-17+. The zero-order valence-electron chi connectivity index (χ0n) is 18.7. The van der Waals surface area contributed by atoms with Crippen LogP contribution in [0, 0.1) is 6.92 Å². The maximum Gasteiger partial charge on any atom is 0.258 e. The molecule has 0 saturated carbocycles. The second-order valence-electron chi connectivity index (χ2n) is 8.18. The molecule has 0 radical (unpaired) electrons. The summed E-state index contributed by atoms with van der Waals surface area (Å²) in [5, 5.41) is 1.86. The fourth-order valence-electron chi connectivity index (χ4n) is 4.46. The number of rotatable bonds is 6. The summed E-state index contributed by atoms with van der Waals surface area (Å²) >= 11 is 6.12. The average Bonchev–Trinajstić information content (AvgIpc) is 3.31. The van der Waals surface area contributed by atoms with Gasteiger partial charge >= 0.3 is 0 Å². The van der Waals surface area contributed by atoms with Gasteiger partial charge in [-0.25, -0.2) is 0 Å². The second-order valence-corrected chi connectivity index (χ2v) is 8.59. The van der Waals surface area contributed by atoms with Crippen molar-refractivity contribution in [2.75, 3.05) is 18.1 Å². The van der Waals surface area contributed by atoms with Crippen molar-refractivity contribution < 1.29 is 9.53 Å². The highest BCUT2D eigenvalue weighted by Gasteiger charge is 2.31. The van der Waals surface area contributed by atoms with E-state index in [1.165, 1.54) is 0 Å². The van der Waals surface area contributed by atoms with Crippen molar-refractivity contribution in [3.05, 3.63) is 94.6 Å². The van der Waals surface area contributed by atoms with Gasteiger partial charge in [-0.05, 0) is 55.8 Å². The molecule has 33 heavy (non-hydrogen) atoms. The summed E-state index contributed by atoms with van der Waals surface area (Å²) in [5.74, 6) is 0.862. The molecule has 166 valence electrons. The Morgan fingerprint density at radius 3 is 2.64 bits per heavy atom. The number of carbonyl (C=O) groups is 1. The molecule has 0 aliphatic carbocycles. The summed E-state index contributed by atoms with van der Waals surface area (Å²) in [6, 6.07) is 22.0. The maximum atomic E-state index is 13.1. The molecule has 1 aliphatic heterocycles. The van der Waals surface area contributed by atoms with Gasteiger partial charge in [0, 0.05) is 45.4 Å². The summed E-state index contributed by atoms with van der Waals surface area (Å²) in [6.07, 6.45) is 4.14. The van der Waals surface area contributed by atoms with E-state index in [0.717, 1.165) is 49.6 Å². The highest BCUT2D eigenvalue weighted by Crippen LogP contribution is 2.38. The molecule has 3 aromatic carbocycles. The lowest BCUT2D eigenvalue weighted by atomic mass is 10.0. The van der Waals surface area contributed by atoms with Crippen molar-refractivity contribution in [1.29, 1.82) is 0 Å². The van der Waals surface area contributed by atoms with Gasteiger partial charge in [0.05, 0.1) is 12.2 Å². The number of fused-ring (bicyclic) bond motifs is 2. The van der Waals surface area contributed by atoms with Crippen LogP contribution in [0.2, 0.25) is 5.02 Å². The van der Waals surface area contributed by atoms with E-state index in [9.17, 15) is 4.79 Å². The number of halogens is 1. The molecule has 1 aromatic heterocycles. The smallest absolute Gasteiger partial charge is 0.258 e. The van der Waals surface area contributed by atoms with Gasteiger partial charge in [-0.1, -0.05) is 48.0 Å². The van der Waals surface area contributed by atoms with Crippen LogP contribution in [0.1, 0.15) is 23.6 Å². The molecule has 0 N–H and O–H groups in total. The SMILES string of the molecule is CCN1C(=O)/C(=C/c2cn(CCOc3ccc(Cl)c(C)c3)c3ccccc23)c2ccccc21. The Bertz CT molecular complexity index is 1390. The number of anilines is 1. The Hall–Kier alpha value is -3.50. The molecule has 0 unspecified atom stereocenters. The number of hydrogen-bond acceptors (Lipinski definition) is 2. The molecule has 2 heterocycles. The average molecular weight is 457 g/mol. The van der Waals surface area contributed by atoms with E-state index >= 15 is 0 Å². The molecule has 0 fully saturated rings. The third kappa shape index (κ3) is 3.91. The van der Waals surface area contributed by atoms with Crippen LogP contribution in [0.5, 0.6) is 5.75 Å². The summed E-state index contributed by atoms with van der Waals surface area (Å²) in [6.45, 7) is 5.84. The number of benzene rings is 3. The van der Waals surface area contributed by atoms with E-state index < -0.39 is 0 Å². The fourth-order valence-corrected chi connectivity index (χ4v) is 4.58. The molecular weight excluding hydrogens is 432 g/mol. The molecule has 0 saturated heterocycles. The minimum absolute atomic E-state index is 0.0528. The van der Waals surface area contributed by atoms with Gasteiger partial charge in [-0.2, -0.15) is 0 Å². The molecule has 5 heteroatoms. The van der Waals surface area contributed by atoms with Crippen LogP contribution in [-0.4, -0.2) is 23.6 Å². The number of aryl methyl sites for hydroxylation is 1. The first kappa shape index (κ1) is 21.4. The topological polar surface area (TPSA) is 34.5 Å². The van der Waals surface area contributed by atoms with Gasteiger partial charge in [0.25, 0.3) is 5.91 Å². The van der Waals surface area contributed by atoms with Crippen molar-refractivity contribution in [2.45, 2.75) is 20.4 Å². The lowest BCUT2D eigenvalue weighted by Gasteiger charge is -2.13. The Morgan fingerprint density at radius 2 is 1.82 bits per heavy atom. The van der Waals surface area contributed by atoms with Gasteiger partial charge in [0.2, 0.25) is 0 Å². The van der Waals surface area contributed by atoms with E-state index in [4.69, 9.17) is 16.3 Å². The number of para-hydroxylation sites is 2. The largest absolute Gasteiger partial charge is 0.492 e. The maximum absolute atomic E-state index is 13.1. The van der Waals surface area contributed by atoms with Crippen molar-refractivity contribution in [3.63, 3.8) is 0 Å². The normalized spacial score (nSPS) is 14.3. The van der Waals surface area contributed by atoms with E-state index in [2.05, 4.69) is 22.9 Å². The number of carbonyl (C=O) groups excluding carboxylic acids is 1. The Balaban J connectivity index is 1.46. The number of aromatic nitrogens is 1. The van der Waals surface area contributed by atoms with E-state index in [-0.39, 0.29) is 5.91 Å². The van der Waals surface area contributed by atoms with Gasteiger partial charge < -0.3 is 14.2 Å². The van der Waals surface area contributed by atoms with E-state index in [1.807, 2.05) is 79.4 Å². The molecule has 4 nitrogen and oxygen atoms in total. The highest BCUT2D eigenvalue weighted by molar-refractivity contribution is 6.36. The zero-order valence-corrected chi connectivity index (χ0v) is 19.5. The summed E-state index contributed by atoms with van der Waals surface area (Å²) in [7, 11) is 0. The van der Waals surface area contributed by atoms with Crippen LogP contribution in [0.3, 0.4) is 0 Å². The molecule has 0 spiro atoms. The fraction of sp³-hybridized carbons (Fsp3) is 0.179. The lowest BCUT2D eigenvalue weighted by Crippen LogP contribution is -2.25. The number of amides is 1. The Kier molecular flexibility index (Phi) is 5.69. The molecule has 1 aliphatic rings. The minimum atomic E-state index is 0.0528. The molecule has 1 amide bonds. The van der Waals surface area contributed by atoms with Gasteiger partial charge in [0.15, 0.2) is 0 Å². The zero-order chi connectivity index (χ0) is 22.9. The lowest BCUT2D eigenvalue weighted by molar-refractivity contribution is -0.112. The van der Waals surface area contributed by atoms with Crippen molar-refractivity contribution in [1.82, 2.24) is 4.57 Å². The number of nitrogens with zero attached hydrogens (tertiary/aromatic N) is 2. The first-order valence-corrected chi connectivity index (χ1v) is 11.5. The highest BCUT2D eigenvalue weighted by atomic mass is 35.5. The first-order valence-electron chi connectivity index (χ1n) is 11.2. The van der Waals surface area contributed by atoms with Gasteiger partial charge in [-0.3, -0.25) is 4.79 Å². The molecular formula is C28H25ClN2O2. The van der Waals surface area contributed by atoms with Crippen LogP contribution < -0.4 is 9.64 Å². The number of ether oxygens (including phenoxy) is 1. The van der Waals surface area contributed by atoms with Gasteiger partial charge in [-0.15, -0.1) is 0 Å². The third-order valence-electron chi connectivity index (χ3n) is 6.13. The Morgan fingerprint density at radius 1 is 1.03 bits per heavy atom. The monoisotopic (exact) mass is 456 g/mol. The van der Waals surface area contributed by atoms with Crippen LogP contribution in [0.4, 0.5) is 5.69 Å². The number of hydrogen-bond donors (Lipinski definition) is 0. The van der Waals surface area contributed by atoms with Crippen LogP contribution >= 0.6 is 11.6 Å². The predicted molar refractivity (Wildman–Crippen MR) is 136 cm³/mol. The molecule has 4 aromatic rings. The second kappa shape index (κ2) is 8.80. The summed E-state index contributed by atoms with van der Waals surface area (Å²) in [4.78, 5) is 15.0. The van der Waals surface area contributed by atoms with Crippen LogP contribution in [0.25, 0.3) is 22.6 Å².